The normalized spacial score (nSPS) is 22.2. The van der Waals surface area contributed by atoms with Crippen LogP contribution in [-0.2, 0) is 22.6 Å². The molecule has 3 heterocycles. The van der Waals surface area contributed by atoms with Gasteiger partial charge in [-0.3, -0.25) is 4.79 Å². The number of carbonyl (C=O) groups is 1. The number of rotatable bonds is 10. The van der Waals surface area contributed by atoms with Gasteiger partial charge in [0.15, 0.2) is 0 Å². The van der Waals surface area contributed by atoms with E-state index in [1.165, 1.54) is 11.3 Å². The minimum Gasteiger partial charge on any atom is -0.493 e. The molecule has 5 rings (SSSR count). The maximum atomic E-state index is 14.5. The van der Waals surface area contributed by atoms with Gasteiger partial charge in [-0.25, -0.2) is 18.7 Å². The number of anilines is 1. The van der Waals surface area contributed by atoms with Crippen molar-refractivity contribution in [2.75, 3.05) is 44.8 Å². The fourth-order valence-corrected chi connectivity index (χ4v) is 5.54. The van der Waals surface area contributed by atoms with Crippen molar-refractivity contribution >= 4 is 11.9 Å². The fraction of sp³-hybridized carbons (Fsp3) is 0.593. The summed E-state index contributed by atoms with van der Waals surface area (Å²) in [4.78, 5) is 24.7. The van der Waals surface area contributed by atoms with Gasteiger partial charge < -0.3 is 24.4 Å². The molecule has 1 saturated carbocycles. The third-order valence-electron chi connectivity index (χ3n) is 7.82. The van der Waals surface area contributed by atoms with E-state index in [0.717, 1.165) is 56.0 Å². The monoisotopic (exact) mass is 516 g/mol. The van der Waals surface area contributed by atoms with Gasteiger partial charge in [-0.2, -0.15) is 0 Å². The van der Waals surface area contributed by atoms with Gasteiger partial charge >= 0.3 is 0 Å². The zero-order valence-electron chi connectivity index (χ0n) is 21.1. The molecule has 0 bridgehead atoms. The zero-order valence-corrected chi connectivity index (χ0v) is 21.1. The van der Waals surface area contributed by atoms with Crippen LogP contribution in [0.4, 0.5) is 14.7 Å². The third kappa shape index (κ3) is 6.18. The van der Waals surface area contributed by atoms with E-state index in [1.54, 1.807) is 7.11 Å². The summed E-state index contributed by atoms with van der Waals surface area (Å²) in [7, 11) is 1.65. The van der Waals surface area contributed by atoms with Crippen LogP contribution in [0.5, 0.6) is 5.75 Å². The maximum Gasteiger partial charge on any atom is 0.227 e. The van der Waals surface area contributed by atoms with Crippen molar-refractivity contribution in [3.63, 3.8) is 0 Å². The minimum atomic E-state index is -0.780. The van der Waals surface area contributed by atoms with Crippen LogP contribution >= 0.6 is 0 Å². The molecule has 1 aromatic carbocycles. The second-order valence-corrected chi connectivity index (χ2v) is 10.4. The van der Waals surface area contributed by atoms with E-state index in [4.69, 9.17) is 9.47 Å². The lowest BCUT2D eigenvalue weighted by molar-refractivity contribution is -0.140. The number of aromatic nitrogens is 2. The van der Waals surface area contributed by atoms with Gasteiger partial charge in [0.2, 0.25) is 11.9 Å². The van der Waals surface area contributed by atoms with Crippen LogP contribution < -0.4 is 9.64 Å². The van der Waals surface area contributed by atoms with Gasteiger partial charge in [-0.05, 0) is 43.4 Å². The number of piperidine rings is 1. The molecule has 1 amide bonds. The molecule has 1 aliphatic carbocycles. The molecule has 2 saturated heterocycles. The van der Waals surface area contributed by atoms with Crippen LogP contribution in [0.3, 0.4) is 0 Å². The van der Waals surface area contributed by atoms with Crippen molar-refractivity contribution in [2.24, 2.45) is 17.8 Å². The highest BCUT2D eigenvalue weighted by Crippen LogP contribution is 2.49. The van der Waals surface area contributed by atoms with E-state index in [1.807, 2.05) is 12.4 Å². The molecule has 3 fully saturated rings. The summed E-state index contributed by atoms with van der Waals surface area (Å²) in [5, 5.41) is 9.30. The first-order chi connectivity index (χ1) is 17.9. The predicted molar refractivity (Wildman–Crippen MR) is 132 cm³/mol. The van der Waals surface area contributed by atoms with Crippen molar-refractivity contribution < 1.29 is 28.2 Å². The molecule has 2 atom stereocenters. The van der Waals surface area contributed by atoms with Gasteiger partial charge in [0.1, 0.15) is 17.4 Å². The van der Waals surface area contributed by atoms with E-state index in [-0.39, 0.29) is 30.8 Å². The predicted octanol–water partition coefficient (Wildman–Crippen LogP) is 2.97. The summed E-state index contributed by atoms with van der Waals surface area (Å²) in [6, 6.07) is 2.31. The Labute approximate surface area is 215 Å². The fourth-order valence-electron chi connectivity index (χ4n) is 5.54. The second kappa shape index (κ2) is 11.3. The number of hydrogen-bond acceptors (Lipinski definition) is 7. The number of methoxy groups -OCH3 is 1. The van der Waals surface area contributed by atoms with Crippen molar-refractivity contribution in [1.29, 1.82) is 0 Å². The van der Waals surface area contributed by atoms with Crippen LogP contribution in [0.15, 0.2) is 24.5 Å². The average Bonchev–Trinajstić information content (AvgIpc) is 3.64. The van der Waals surface area contributed by atoms with E-state index in [0.29, 0.717) is 31.0 Å². The number of nitrogens with zero attached hydrogens (tertiary/aromatic N) is 4. The number of amides is 1. The smallest absolute Gasteiger partial charge is 0.227 e. The molecule has 0 radical (unpaired) electrons. The number of halogens is 2. The van der Waals surface area contributed by atoms with Crippen LogP contribution in [0, 0.1) is 29.4 Å². The average molecular weight is 517 g/mol. The van der Waals surface area contributed by atoms with E-state index in [9.17, 15) is 18.7 Å². The summed E-state index contributed by atoms with van der Waals surface area (Å²) < 4.78 is 39.8. The molecular weight excluding hydrogens is 482 g/mol. The largest absolute Gasteiger partial charge is 0.493 e. The first-order valence-electron chi connectivity index (χ1n) is 13.0. The van der Waals surface area contributed by atoms with Gasteiger partial charge in [-0.15, -0.1) is 0 Å². The van der Waals surface area contributed by atoms with Crippen LogP contribution in [0.2, 0.25) is 0 Å². The molecule has 3 aliphatic rings. The Bertz CT molecular complexity index is 1070. The highest BCUT2D eigenvalue weighted by molar-refractivity contribution is 5.79. The van der Waals surface area contributed by atoms with Crippen LogP contribution in [0.1, 0.15) is 36.8 Å². The van der Waals surface area contributed by atoms with E-state index >= 15 is 0 Å². The molecule has 1 aromatic heterocycles. The van der Waals surface area contributed by atoms with Gasteiger partial charge in [0.25, 0.3) is 0 Å². The van der Waals surface area contributed by atoms with E-state index in [2.05, 4.69) is 14.9 Å². The molecule has 37 heavy (non-hydrogen) atoms. The minimum absolute atomic E-state index is 0.146. The highest BCUT2D eigenvalue weighted by atomic mass is 19.1. The third-order valence-corrected chi connectivity index (χ3v) is 7.82. The van der Waals surface area contributed by atoms with Crippen LogP contribution in [0.25, 0.3) is 0 Å². The lowest BCUT2D eigenvalue weighted by Gasteiger charge is -2.36. The Kier molecular flexibility index (Phi) is 7.85. The Morgan fingerprint density at radius 2 is 1.81 bits per heavy atom. The Morgan fingerprint density at radius 3 is 2.43 bits per heavy atom. The lowest BCUT2D eigenvalue weighted by atomic mass is 9.90. The number of hydrogen-bond donors (Lipinski definition) is 1. The summed E-state index contributed by atoms with van der Waals surface area (Å²) in [6.45, 7) is 3.23. The molecule has 200 valence electrons. The molecule has 0 spiro atoms. The number of aliphatic hydroxyl groups excluding tert-OH is 1. The standard InChI is InChI=1S/C27H34F2N4O4/c1-36-16-17-12-30-27(31-13-17)32-5-2-18(3-6-32)22-8-19(22)4-7-37-21-9-24(28)23(25(29)10-21)11-26(35)33-14-20(34)15-33/h9-10,12-13,18-20,22,34H,2-8,11,14-16H2,1H3/t19?,22-/m1/s1. The summed E-state index contributed by atoms with van der Waals surface area (Å²) in [5.41, 5.74) is 0.702. The molecule has 1 unspecified atom stereocenters. The van der Waals surface area contributed by atoms with Crippen molar-refractivity contribution in [1.82, 2.24) is 14.9 Å². The maximum absolute atomic E-state index is 14.5. The molecule has 1 N–H and O–H groups in total. The van der Waals surface area contributed by atoms with Crippen molar-refractivity contribution in [2.45, 2.75) is 44.8 Å². The summed E-state index contributed by atoms with van der Waals surface area (Å²) in [5.74, 6) is 0.900. The lowest BCUT2D eigenvalue weighted by Crippen LogP contribution is -2.54. The first-order valence-corrected chi connectivity index (χ1v) is 13.0. The van der Waals surface area contributed by atoms with Crippen molar-refractivity contribution in [3.05, 3.63) is 47.3 Å². The number of benzene rings is 1. The van der Waals surface area contributed by atoms with Crippen molar-refractivity contribution in [3.8, 4) is 5.75 Å². The molecule has 2 aliphatic heterocycles. The number of likely N-dealkylation sites (tertiary alicyclic amines) is 1. The van der Waals surface area contributed by atoms with Gasteiger partial charge in [-0.1, -0.05) is 0 Å². The SMILES string of the molecule is COCc1cnc(N2CCC([C@H]3CC3CCOc3cc(F)c(CC(=O)N4CC(O)C4)c(F)c3)CC2)nc1. The number of β-amino-alcohol motifs (C(OH)–C–C–N with tert-alkyl or cyclic N) is 1. The molecule has 8 nitrogen and oxygen atoms in total. The molecular formula is C27H34F2N4O4. The van der Waals surface area contributed by atoms with Gasteiger partial charge in [0.05, 0.1) is 25.7 Å². The van der Waals surface area contributed by atoms with Crippen LogP contribution in [-0.4, -0.2) is 71.9 Å². The Balaban J connectivity index is 1.03. The summed E-state index contributed by atoms with van der Waals surface area (Å²) >= 11 is 0. The van der Waals surface area contributed by atoms with E-state index < -0.39 is 23.6 Å². The first kappa shape index (κ1) is 25.8. The number of ether oxygens (including phenoxy) is 2. The Morgan fingerprint density at radius 1 is 1.14 bits per heavy atom. The number of carbonyl (C=O) groups excluding carboxylic acids is 1. The molecule has 2 aromatic rings. The molecule has 10 heteroatoms. The highest BCUT2D eigenvalue weighted by Gasteiger charge is 2.43. The Hall–Kier alpha value is -2.85. The zero-order chi connectivity index (χ0) is 25.9. The number of aliphatic hydroxyl groups is 1. The van der Waals surface area contributed by atoms with Gasteiger partial charge in [0, 0.05) is 68.9 Å². The second-order valence-electron chi connectivity index (χ2n) is 10.4. The topological polar surface area (TPSA) is 88.0 Å². The quantitative estimate of drug-likeness (QED) is 0.520. The summed E-state index contributed by atoms with van der Waals surface area (Å²) in [6.07, 6.45) is 6.97.